The second-order valence-corrected chi connectivity index (χ2v) is 7.54. The fourth-order valence-electron chi connectivity index (χ4n) is 4.06. The average molecular weight is 292 g/mol. The van der Waals surface area contributed by atoms with Crippen molar-refractivity contribution < 1.29 is 9.59 Å². The molecule has 3 atom stereocenters. The molecule has 2 aliphatic heterocycles. The number of fused-ring (bicyclic) bond motifs is 1. The van der Waals surface area contributed by atoms with Gasteiger partial charge in [0.05, 0.1) is 0 Å². The van der Waals surface area contributed by atoms with Crippen LogP contribution in [0.1, 0.15) is 52.9 Å². The maximum Gasteiger partial charge on any atom is 0.246 e. The minimum atomic E-state index is -0.243. The maximum atomic E-state index is 12.9. The van der Waals surface area contributed by atoms with E-state index in [0.717, 1.165) is 38.3 Å². The van der Waals surface area contributed by atoms with Crippen molar-refractivity contribution in [2.45, 2.75) is 65.0 Å². The highest BCUT2D eigenvalue weighted by Gasteiger charge is 2.48. The summed E-state index contributed by atoms with van der Waals surface area (Å²) in [4.78, 5) is 29.6. The first kappa shape index (κ1) is 14.9. The summed E-state index contributed by atoms with van der Waals surface area (Å²) in [5.74, 6) is 1.89. The van der Waals surface area contributed by atoms with Gasteiger partial charge in [-0.25, -0.2) is 0 Å². The highest BCUT2D eigenvalue weighted by Crippen LogP contribution is 2.38. The lowest BCUT2D eigenvalue weighted by atomic mass is 9.89. The van der Waals surface area contributed by atoms with E-state index in [9.17, 15) is 9.59 Å². The molecule has 2 heterocycles. The summed E-state index contributed by atoms with van der Waals surface area (Å²) in [6, 6.07) is -0.416. The van der Waals surface area contributed by atoms with Crippen molar-refractivity contribution in [2.75, 3.05) is 13.1 Å². The zero-order valence-corrected chi connectivity index (χ0v) is 13.5. The summed E-state index contributed by atoms with van der Waals surface area (Å²) in [6.07, 6.45) is 5.54. The standard InChI is InChI=1S/C17H28N2O2/c1-11(2)15-17(21)18-9-5-4-6-14(18)16(20)19(15)10-12(3)13-7-8-13/h11-15H,4-10H2,1-3H3. The van der Waals surface area contributed by atoms with E-state index in [2.05, 4.69) is 20.8 Å². The number of nitrogens with zero attached hydrogens (tertiary/aromatic N) is 2. The Labute approximate surface area is 127 Å². The van der Waals surface area contributed by atoms with E-state index in [1.54, 1.807) is 0 Å². The molecule has 2 saturated heterocycles. The molecule has 1 aliphatic carbocycles. The predicted octanol–water partition coefficient (Wildman–Crippen LogP) is 2.28. The Morgan fingerprint density at radius 1 is 1.05 bits per heavy atom. The van der Waals surface area contributed by atoms with E-state index in [1.165, 1.54) is 12.8 Å². The molecule has 118 valence electrons. The van der Waals surface area contributed by atoms with E-state index in [1.807, 2.05) is 9.80 Å². The lowest BCUT2D eigenvalue weighted by Crippen LogP contribution is -2.67. The smallest absolute Gasteiger partial charge is 0.246 e. The number of piperazine rings is 1. The van der Waals surface area contributed by atoms with Gasteiger partial charge in [0, 0.05) is 13.1 Å². The van der Waals surface area contributed by atoms with Gasteiger partial charge < -0.3 is 9.80 Å². The number of piperidine rings is 1. The molecule has 0 bridgehead atoms. The van der Waals surface area contributed by atoms with Crippen molar-refractivity contribution in [2.24, 2.45) is 17.8 Å². The van der Waals surface area contributed by atoms with E-state index in [4.69, 9.17) is 0 Å². The molecule has 1 saturated carbocycles. The monoisotopic (exact) mass is 292 g/mol. The van der Waals surface area contributed by atoms with Gasteiger partial charge in [0.15, 0.2) is 0 Å². The minimum Gasteiger partial charge on any atom is -0.329 e. The molecular formula is C17H28N2O2. The van der Waals surface area contributed by atoms with E-state index in [0.29, 0.717) is 5.92 Å². The molecule has 4 heteroatoms. The molecule has 0 N–H and O–H groups in total. The van der Waals surface area contributed by atoms with Crippen LogP contribution in [0.25, 0.3) is 0 Å². The molecule has 3 fully saturated rings. The van der Waals surface area contributed by atoms with Crippen LogP contribution in [0.4, 0.5) is 0 Å². The Kier molecular flexibility index (Phi) is 3.98. The third-order valence-corrected chi connectivity index (χ3v) is 5.49. The quantitative estimate of drug-likeness (QED) is 0.797. The number of hydrogen-bond donors (Lipinski definition) is 0. The summed E-state index contributed by atoms with van der Waals surface area (Å²) in [7, 11) is 0. The molecule has 0 aromatic rings. The van der Waals surface area contributed by atoms with Crippen molar-refractivity contribution in [1.29, 1.82) is 0 Å². The molecule has 0 radical (unpaired) electrons. The van der Waals surface area contributed by atoms with Crippen LogP contribution in [-0.2, 0) is 9.59 Å². The van der Waals surface area contributed by atoms with Crippen LogP contribution in [0.3, 0.4) is 0 Å². The summed E-state index contributed by atoms with van der Waals surface area (Å²) in [5.41, 5.74) is 0. The van der Waals surface area contributed by atoms with Crippen molar-refractivity contribution in [3.8, 4) is 0 Å². The van der Waals surface area contributed by atoms with Crippen LogP contribution in [0.15, 0.2) is 0 Å². The summed E-state index contributed by atoms with van der Waals surface area (Å²) >= 11 is 0. The zero-order valence-electron chi connectivity index (χ0n) is 13.5. The fraction of sp³-hybridized carbons (Fsp3) is 0.882. The third-order valence-electron chi connectivity index (χ3n) is 5.49. The average Bonchev–Trinajstić information content (AvgIpc) is 3.28. The Morgan fingerprint density at radius 2 is 1.76 bits per heavy atom. The molecule has 21 heavy (non-hydrogen) atoms. The van der Waals surface area contributed by atoms with Gasteiger partial charge in [-0.3, -0.25) is 9.59 Å². The topological polar surface area (TPSA) is 40.6 Å². The summed E-state index contributed by atoms with van der Waals surface area (Å²) in [5, 5.41) is 0. The van der Waals surface area contributed by atoms with E-state index < -0.39 is 0 Å². The lowest BCUT2D eigenvalue weighted by molar-refractivity contribution is -0.166. The van der Waals surface area contributed by atoms with Crippen molar-refractivity contribution >= 4 is 11.8 Å². The SMILES string of the molecule is CC(C)C1C(=O)N2CCCCC2C(=O)N1CC(C)C1CC1. The van der Waals surface area contributed by atoms with Gasteiger partial charge in [-0.05, 0) is 49.9 Å². The molecule has 0 aromatic heterocycles. The third kappa shape index (κ3) is 2.69. The minimum absolute atomic E-state index is 0.173. The molecule has 3 unspecified atom stereocenters. The van der Waals surface area contributed by atoms with Crippen LogP contribution >= 0.6 is 0 Å². The first-order valence-corrected chi connectivity index (χ1v) is 8.61. The van der Waals surface area contributed by atoms with Crippen molar-refractivity contribution in [3.05, 3.63) is 0 Å². The Balaban J connectivity index is 1.83. The van der Waals surface area contributed by atoms with Crippen LogP contribution in [0, 0.1) is 17.8 Å². The molecular weight excluding hydrogens is 264 g/mol. The number of hydrogen-bond acceptors (Lipinski definition) is 2. The van der Waals surface area contributed by atoms with Crippen LogP contribution in [0.2, 0.25) is 0 Å². The van der Waals surface area contributed by atoms with Gasteiger partial charge in [0.25, 0.3) is 0 Å². The largest absolute Gasteiger partial charge is 0.329 e. The molecule has 3 rings (SSSR count). The highest BCUT2D eigenvalue weighted by molar-refractivity contribution is 5.97. The van der Waals surface area contributed by atoms with Crippen LogP contribution in [-0.4, -0.2) is 46.8 Å². The molecule has 3 aliphatic rings. The lowest BCUT2D eigenvalue weighted by Gasteiger charge is -2.48. The molecule has 0 spiro atoms. The molecule has 4 nitrogen and oxygen atoms in total. The van der Waals surface area contributed by atoms with Crippen LogP contribution in [0.5, 0.6) is 0 Å². The van der Waals surface area contributed by atoms with Gasteiger partial charge in [-0.2, -0.15) is 0 Å². The maximum absolute atomic E-state index is 12.9. The molecule has 0 aromatic carbocycles. The van der Waals surface area contributed by atoms with Gasteiger partial charge >= 0.3 is 0 Å². The first-order valence-electron chi connectivity index (χ1n) is 8.61. The van der Waals surface area contributed by atoms with Crippen LogP contribution < -0.4 is 0 Å². The number of carbonyl (C=O) groups excluding carboxylic acids is 2. The fourth-order valence-corrected chi connectivity index (χ4v) is 4.06. The Bertz CT molecular complexity index is 431. The van der Waals surface area contributed by atoms with E-state index >= 15 is 0 Å². The summed E-state index contributed by atoms with van der Waals surface area (Å²) < 4.78 is 0. The normalized spacial score (nSPS) is 31.6. The summed E-state index contributed by atoms with van der Waals surface area (Å²) in [6.45, 7) is 7.90. The predicted molar refractivity (Wildman–Crippen MR) is 81.6 cm³/mol. The van der Waals surface area contributed by atoms with Crippen molar-refractivity contribution in [3.63, 3.8) is 0 Å². The zero-order chi connectivity index (χ0) is 15.1. The van der Waals surface area contributed by atoms with Gasteiger partial charge in [0.2, 0.25) is 11.8 Å². The van der Waals surface area contributed by atoms with Crippen molar-refractivity contribution in [1.82, 2.24) is 9.80 Å². The van der Waals surface area contributed by atoms with E-state index in [-0.39, 0.29) is 29.8 Å². The van der Waals surface area contributed by atoms with Gasteiger partial charge in [0.1, 0.15) is 12.1 Å². The second-order valence-electron chi connectivity index (χ2n) is 7.54. The second kappa shape index (κ2) is 5.62. The Hall–Kier alpha value is -1.06. The number of rotatable bonds is 4. The Morgan fingerprint density at radius 3 is 2.38 bits per heavy atom. The number of amides is 2. The first-order chi connectivity index (χ1) is 10.0. The number of carbonyl (C=O) groups is 2. The molecule has 2 amide bonds. The van der Waals surface area contributed by atoms with Gasteiger partial charge in [-0.1, -0.05) is 20.8 Å². The van der Waals surface area contributed by atoms with Gasteiger partial charge in [-0.15, -0.1) is 0 Å². The highest BCUT2D eigenvalue weighted by atomic mass is 16.2.